The molecule has 0 aliphatic carbocycles. The number of non-ortho nitro benzene ring substituents is 1. The van der Waals surface area contributed by atoms with Gasteiger partial charge in [0, 0.05) is 12.1 Å². The summed E-state index contributed by atoms with van der Waals surface area (Å²) in [4.78, 5) is 30.1. The number of esters is 1. The lowest BCUT2D eigenvalue weighted by atomic mass is 10.2. The highest BCUT2D eigenvalue weighted by atomic mass is 16.6. The average Bonchev–Trinajstić information content (AvgIpc) is 2.37. The Hall–Kier alpha value is -2.57. The van der Waals surface area contributed by atoms with Gasteiger partial charge in [-0.3, -0.25) is 10.1 Å². The van der Waals surface area contributed by atoms with Crippen LogP contribution in [0.5, 0.6) is 0 Å². The molecule has 19 heavy (non-hydrogen) atoms. The monoisotopic (exact) mass is 261 g/mol. The minimum absolute atomic E-state index is 0.0647. The Balaban J connectivity index is 2.55. The van der Waals surface area contributed by atoms with Gasteiger partial charge in [-0.2, -0.15) is 0 Å². The molecule has 0 saturated carbocycles. The van der Waals surface area contributed by atoms with Gasteiger partial charge in [-0.15, -0.1) is 0 Å². The molecule has 0 radical (unpaired) electrons. The highest BCUT2D eigenvalue weighted by molar-refractivity contribution is 5.91. The van der Waals surface area contributed by atoms with Crippen LogP contribution in [0.4, 0.5) is 5.69 Å². The van der Waals surface area contributed by atoms with Gasteiger partial charge >= 0.3 is 5.97 Å². The number of nitro groups is 1. The molecule has 2 rings (SSSR count). The topological polar surface area (TPSA) is 95.2 Å². The number of ether oxygens (including phenoxy) is 1. The first-order valence-electron chi connectivity index (χ1n) is 5.63. The number of carbonyl (C=O) groups is 1. The van der Waals surface area contributed by atoms with E-state index >= 15 is 0 Å². The molecule has 98 valence electrons. The number of rotatable bonds is 3. The summed E-state index contributed by atoms with van der Waals surface area (Å²) in [5.41, 5.74) is 1.23. The predicted molar refractivity (Wildman–Crippen MR) is 66.9 cm³/mol. The van der Waals surface area contributed by atoms with E-state index in [1.807, 2.05) is 0 Å². The molecule has 0 bridgehead atoms. The molecule has 0 spiro atoms. The van der Waals surface area contributed by atoms with E-state index in [1.54, 1.807) is 13.8 Å². The lowest BCUT2D eigenvalue weighted by Crippen LogP contribution is -2.10. The summed E-state index contributed by atoms with van der Waals surface area (Å²) in [6, 6.07) is 4.11. The molecule has 7 heteroatoms. The van der Waals surface area contributed by atoms with Gasteiger partial charge in [0.1, 0.15) is 0 Å². The Kier molecular flexibility index (Phi) is 3.37. The van der Waals surface area contributed by atoms with Gasteiger partial charge in [0.25, 0.3) is 5.69 Å². The van der Waals surface area contributed by atoms with E-state index in [9.17, 15) is 14.9 Å². The van der Waals surface area contributed by atoms with Gasteiger partial charge in [-0.25, -0.2) is 14.8 Å². The first kappa shape index (κ1) is 12.9. The van der Waals surface area contributed by atoms with Gasteiger partial charge in [0.05, 0.1) is 28.3 Å². The molecule has 1 aromatic carbocycles. The lowest BCUT2D eigenvalue weighted by Gasteiger charge is -2.05. The zero-order valence-corrected chi connectivity index (χ0v) is 10.4. The lowest BCUT2D eigenvalue weighted by molar-refractivity contribution is -0.384. The second-order valence-electron chi connectivity index (χ2n) is 3.81. The standard InChI is InChI=1S/C12H11N3O4/c1-3-19-12(16)11-7(2)13-10-6-8(15(17)18)4-5-9(10)14-11/h4-6H,3H2,1-2H3. The third kappa shape index (κ3) is 2.49. The van der Waals surface area contributed by atoms with Crippen molar-refractivity contribution < 1.29 is 14.5 Å². The predicted octanol–water partition coefficient (Wildman–Crippen LogP) is 2.02. The van der Waals surface area contributed by atoms with Crippen molar-refractivity contribution in [2.75, 3.05) is 6.61 Å². The molecule has 0 aliphatic rings. The quantitative estimate of drug-likeness (QED) is 0.476. The number of benzene rings is 1. The van der Waals surface area contributed by atoms with Crippen LogP contribution in [0.25, 0.3) is 11.0 Å². The van der Waals surface area contributed by atoms with Gasteiger partial charge < -0.3 is 4.74 Å². The largest absolute Gasteiger partial charge is 0.461 e. The fourth-order valence-corrected chi connectivity index (χ4v) is 1.64. The van der Waals surface area contributed by atoms with Gasteiger partial charge in [-0.05, 0) is 19.9 Å². The van der Waals surface area contributed by atoms with Crippen molar-refractivity contribution in [3.63, 3.8) is 0 Å². The molecule has 0 amide bonds. The number of aromatic nitrogens is 2. The smallest absolute Gasteiger partial charge is 0.358 e. The van der Waals surface area contributed by atoms with Crippen LogP contribution in [0.3, 0.4) is 0 Å². The van der Waals surface area contributed by atoms with E-state index in [-0.39, 0.29) is 18.0 Å². The van der Waals surface area contributed by atoms with E-state index in [4.69, 9.17) is 4.74 Å². The Labute approximate surface area is 108 Å². The van der Waals surface area contributed by atoms with Gasteiger partial charge in [0.2, 0.25) is 0 Å². The van der Waals surface area contributed by atoms with Crippen LogP contribution < -0.4 is 0 Å². The first-order valence-corrected chi connectivity index (χ1v) is 5.63. The molecule has 0 unspecified atom stereocenters. The SMILES string of the molecule is CCOC(=O)c1nc2ccc([N+](=O)[O-])cc2nc1C. The Morgan fingerprint density at radius 2 is 2.11 bits per heavy atom. The molecule has 2 aromatic rings. The number of nitro benzene ring substituents is 1. The third-order valence-electron chi connectivity index (χ3n) is 2.50. The van der Waals surface area contributed by atoms with Crippen molar-refractivity contribution in [3.8, 4) is 0 Å². The van der Waals surface area contributed by atoms with Crippen molar-refractivity contribution >= 4 is 22.7 Å². The van der Waals surface area contributed by atoms with Crippen LogP contribution in [0.1, 0.15) is 23.1 Å². The summed E-state index contributed by atoms with van der Waals surface area (Å²) >= 11 is 0. The minimum atomic E-state index is -0.548. The maximum Gasteiger partial charge on any atom is 0.358 e. The number of hydrogen-bond acceptors (Lipinski definition) is 6. The molecule has 0 N–H and O–H groups in total. The number of fused-ring (bicyclic) bond motifs is 1. The van der Waals surface area contributed by atoms with Crippen LogP contribution in [-0.2, 0) is 4.74 Å². The Morgan fingerprint density at radius 3 is 2.74 bits per heavy atom. The first-order chi connectivity index (χ1) is 9.02. The average molecular weight is 261 g/mol. The molecule has 7 nitrogen and oxygen atoms in total. The maximum atomic E-state index is 11.7. The minimum Gasteiger partial charge on any atom is -0.461 e. The molecule has 0 atom stereocenters. The highest BCUT2D eigenvalue weighted by Gasteiger charge is 2.16. The molecule has 0 aliphatic heterocycles. The van der Waals surface area contributed by atoms with Crippen LogP contribution >= 0.6 is 0 Å². The van der Waals surface area contributed by atoms with E-state index in [2.05, 4.69) is 9.97 Å². The molecule has 1 heterocycles. The Morgan fingerprint density at radius 1 is 1.37 bits per heavy atom. The summed E-state index contributed by atoms with van der Waals surface area (Å²) < 4.78 is 4.87. The third-order valence-corrected chi connectivity index (χ3v) is 2.50. The second kappa shape index (κ2) is 4.97. The molecular formula is C12H11N3O4. The van der Waals surface area contributed by atoms with E-state index in [0.717, 1.165) is 0 Å². The molecule has 0 fully saturated rings. The van der Waals surface area contributed by atoms with Crippen molar-refractivity contribution in [2.24, 2.45) is 0 Å². The zero-order chi connectivity index (χ0) is 14.0. The Bertz CT molecular complexity index is 669. The van der Waals surface area contributed by atoms with Gasteiger partial charge in [-0.1, -0.05) is 0 Å². The second-order valence-corrected chi connectivity index (χ2v) is 3.81. The number of aryl methyl sites for hydroxylation is 1. The van der Waals surface area contributed by atoms with Crippen molar-refractivity contribution in [1.29, 1.82) is 0 Å². The zero-order valence-electron chi connectivity index (χ0n) is 10.4. The summed E-state index contributed by atoms with van der Waals surface area (Å²) in [7, 11) is 0. The number of carbonyl (C=O) groups excluding carboxylic acids is 1. The van der Waals surface area contributed by atoms with Gasteiger partial charge in [0.15, 0.2) is 5.69 Å². The fourth-order valence-electron chi connectivity index (χ4n) is 1.64. The highest BCUT2D eigenvalue weighted by Crippen LogP contribution is 2.19. The van der Waals surface area contributed by atoms with Crippen LogP contribution in [-0.4, -0.2) is 27.5 Å². The molecular weight excluding hydrogens is 250 g/mol. The molecule has 1 aromatic heterocycles. The normalized spacial score (nSPS) is 10.4. The maximum absolute atomic E-state index is 11.7. The van der Waals surface area contributed by atoms with E-state index < -0.39 is 10.9 Å². The summed E-state index contributed by atoms with van der Waals surface area (Å²) in [5, 5.41) is 10.7. The van der Waals surface area contributed by atoms with E-state index in [1.165, 1.54) is 18.2 Å². The van der Waals surface area contributed by atoms with Crippen LogP contribution in [0.2, 0.25) is 0 Å². The van der Waals surface area contributed by atoms with Crippen molar-refractivity contribution in [3.05, 3.63) is 39.7 Å². The van der Waals surface area contributed by atoms with E-state index in [0.29, 0.717) is 16.7 Å². The van der Waals surface area contributed by atoms with Crippen LogP contribution in [0, 0.1) is 17.0 Å². The summed E-state index contributed by atoms with van der Waals surface area (Å²) in [5.74, 6) is -0.548. The summed E-state index contributed by atoms with van der Waals surface area (Å²) in [6.45, 7) is 3.56. The molecule has 0 saturated heterocycles. The van der Waals surface area contributed by atoms with Crippen LogP contribution in [0.15, 0.2) is 18.2 Å². The number of hydrogen-bond donors (Lipinski definition) is 0. The fraction of sp³-hybridized carbons (Fsp3) is 0.250. The number of nitrogens with zero attached hydrogens (tertiary/aromatic N) is 3. The summed E-state index contributed by atoms with van der Waals surface area (Å²) in [6.07, 6.45) is 0. The van der Waals surface area contributed by atoms with Crippen molar-refractivity contribution in [2.45, 2.75) is 13.8 Å². The van der Waals surface area contributed by atoms with Crippen molar-refractivity contribution in [1.82, 2.24) is 9.97 Å².